The van der Waals surface area contributed by atoms with E-state index in [2.05, 4.69) is 15.0 Å². The highest BCUT2D eigenvalue weighted by Gasteiger charge is 2.34. The Labute approximate surface area is 126 Å². The minimum Gasteiger partial charge on any atom is -0.496 e. The third-order valence-electron chi connectivity index (χ3n) is 2.85. The third-order valence-corrected chi connectivity index (χ3v) is 2.85. The minimum absolute atomic E-state index is 0.194. The van der Waals surface area contributed by atoms with Crippen molar-refractivity contribution in [3.63, 3.8) is 0 Å². The molecular formula is C14H10F6N2O. The van der Waals surface area contributed by atoms with E-state index in [0.717, 1.165) is 43.6 Å². The number of hydrogen-bond donors (Lipinski definition) is 1. The van der Waals surface area contributed by atoms with Crippen molar-refractivity contribution in [2.75, 3.05) is 12.4 Å². The Morgan fingerprint density at radius 3 is 2.04 bits per heavy atom. The molecule has 0 fully saturated rings. The fourth-order valence-electron chi connectivity index (χ4n) is 1.81. The van der Waals surface area contributed by atoms with Crippen molar-refractivity contribution in [3.8, 4) is 5.75 Å². The van der Waals surface area contributed by atoms with E-state index in [9.17, 15) is 26.3 Å². The molecule has 0 aliphatic rings. The van der Waals surface area contributed by atoms with Crippen molar-refractivity contribution in [3.05, 3.63) is 47.8 Å². The van der Waals surface area contributed by atoms with Gasteiger partial charge in [-0.3, -0.25) is 0 Å². The minimum atomic E-state index is -4.57. The number of pyridine rings is 1. The first kappa shape index (κ1) is 16.9. The van der Waals surface area contributed by atoms with Crippen LogP contribution in [0, 0.1) is 0 Å². The number of aromatic nitrogens is 1. The lowest BCUT2D eigenvalue weighted by Crippen LogP contribution is -2.08. The summed E-state index contributed by atoms with van der Waals surface area (Å²) in [6.45, 7) is 0. The molecule has 124 valence electrons. The fraction of sp³-hybridized carbons (Fsp3) is 0.214. The number of benzene rings is 1. The van der Waals surface area contributed by atoms with Gasteiger partial charge in [0.05, 0.1) is 24.6 Å². The van der Waals surface area contributed by atoms with Crippen molar-refractivity contribution in [2.45, 2.75) is 12.4 Å². The summed E-state index contributed by atoms with van der Waals surface area (Å²) in [5.41, 5.74) is -1.60. The molecule has 1 heterocycles. The molecule has 0 saturated heterocycles. The normalized spacial score (nSPS) is 12.1. The highest BCUT2D eigenvalue weighted by atomic mass is 19.4. The number of methoxy groups -OCH3 is 1. The zero-order valence-corrected chi connectivity index (χ0v) is 11.6. The zero-order valence-electron chi connectivity index (χ0n) is 11.6. The van der Waals surface area contributed by atoms with Crippen LogP contribution in [-0.2, 0) is 12.4 Å². The van der Waals surface area contributed by atoms with Crippen LogP contribution >= 0.6 is 0 Å². The molecule has 1 aromatic heterocycles. The number of alkyl halides is 6. The van der Waals surface area contributed by atoms with Crippen molar-refractivity contribution < 1.29 is 31.1 Å². The first-order valence-electron chi connectivity index (χ1n) is 6.17. The van der Waals surface area contributed by atoms with Gasteiger partial charge in [-0.2, -0.15) is 26.3 Å². The molecule has 1 aromatic carbocycles. The maximum absolute atomic E-state index is 12.7. The molecule has 23 heavy (non-hydrogen) atoms. The topological polar surface area (TPSA) is 34.1 Å². The average molecular weight is 336 g/mol. The number of hydrogen-bond acceptors (Lipinski definition) is 3. The molecule has 3 nitrogen and oxygen atoms in total. The van der Waals surface area contributed by atoms with Crippen molar-refractivity contribution in [1.82, 2.24) is 4.98 Å². The van der Waals surface area contributed by atoms with Gasteiger partial charge in [0.15, 0.2) is 0 Å². The van der Waals surface area contributed by atoms with E-state index in [1.54, 1.807) is 0 Å². The molecule has 0 bridgehead atoms. The second kappa shape index (κ2) is 5.98. The number of ether oxygens (including phenoxy) is 1. The Bertz CT molecular complexity index is 679. The maximum atomic E-state index is 12.7. The monoisotopic (exact) mass is 336 g/mol. The quantitative estimate of drug-likeness (QED) is 0.812. The molecule has 0 aliphatic heterocycles. The molecule has 0 radical (unpaired) electrons. The molecule has 2 rings (SSSR count). The van der Waals surface area contributed by atoms with Crippen LogP contribution in [0.15, 0.2) is 36.5 Å². The van der Waals surface area contributed by atoms with Gasteiger partial charge in [-0.15, -0.1) is 0 Å². The number of halogens is 6. The number of rotatable bonds is 3. The van der Waals surface area contributed by atoms with Crippen LogP contribution in [0.2, 0.25) is 0 Å². The van der Waals surface area contributed by atoms with Gasteiger partial charge in [0.1, 0.15) is 11.4 Å². The summed E-state index contributed by atoms with van der Waals surface area (Å²) in [5, 5.41) is 2.66. The summed E-state index contributed by atoms with van der Waals surface area (Å²) in [6.07, 6.45) is -8.19. The Morgan fingerprint density at radius 1 is 0.913 bits per heavy atom. The molecule has 9 heteroatoms. The van der Waals surface area contributed by atoms with Gasteiger partial charge >= 0.3 is 12.4 Å². The summed E-state index contributed by atoms with van der Waals surface area (Å²) < 4.78 is 80.1. The molecule has 0 unspecified atom stereocenters. The summed E-state index contributed by atoms with van der Waals surface area (Å²) in [7, 11) is 1.09. The summed E-state index contributed by atoms with van der Waals surface area (Å²) >= 11 is 0. The molecule has 0 atom stereocenters. The van der Waals surface area contributed by atoms with E-state index in [1.807, 2.05) is 0 Å². The summed E-state index contributed by atoms with van der Waals surface area (Å²) in [6, 6.07) is 4.95. The first-order valence-corrected chi connectivity index (χ1v) is 6.17. The smallest absolute Gasteiger partial charge is 0.433 e. The Hall–Kier alpha value is -2.45. The predicted molar refractivity (Wildman–Crippen MR) is 70.5 cm³/mol. The van der Waals surface area contributed by atoms with Crippen molar-refractivity contribution >= 4 is 11.4 Å². The van der Waals surface area contributed by atoms with E-state index in [1.165, 1.54) is 0 Å². The van der Waals surface area contributed by atoms with Crippen molar-refractivity contribution in [1.29, 1.82) is 0 Å². The van der Waals surface area contributed by atoms with E-state index in [0.29, 0.717) is 0 Å². The van der Waals surface area contributed by atoms with Crippen LogP contribution in [0.3, 0.4) is 0 Å². The van der Waals surface area contributed by atoms with Gasteiger partial charge in [0.25, 0.3) is 0 Å². The van der Waals surface area contributed by atoms with Crippen LogP contribution in [0.5, 0.6) is 5.75 Å². The van der Waals surface area contributed by atoms with Gasteiger partial charge < -0.3 is 10.1 Å². The standard InChI is InChI=1S/C14H10F6N2O/c1-23-11-6-8(2-4-10(11)13(15,16)17)22-9-3-5-12(21-7-9)14(18,19)20/h2-7,22H,1H3. The van der Waals surface area contributed by atoms with Crippen LogP contribution in [0.1, 0.15) is 11.3 Å². The molecule has 1 N–H and O–H groups in total. The molecule has 0 saturated carbocycles. The molecular weight excluding hydrogens is 326 g/mol. The Balaban J connectivity index is 2.24. The van der Waals surface area contributed by atoms with Crippen molar-refractivity contribution in [2.24, 2.45) is 0 Å². The second-order valence-corrected chi connectivity index (χ2v) is 4.47. The van der Waals surface area contributed by atoms with Crippen LogP contribution in [0.25, 0.3) is 0 Å². The molecule has 0 amide bonds. The Morgan fingerprint density at radius 2 is 1.57 bits per heavy atom. The van der Waals surface area contributed by atoms with Gasteiger partial charge in [-0.05, 0) is 24.3 Å². The molecule has 0 spiro atoms. The predicted octanol–water partition coefficient (Wildman–Crippen LogP) is 4.87. The number of nitrogens with one attached hydrogen (secondary N) is 1. The van der Waals surface area contributed by atoms with Gasteiger partial charge in [0, 0.05) is 11.8 Å². The summed E-state index contributed by atoms with van der Waals surface area (Å²) in [5.74, 6) is -0.401. The lowest BCUT2D eigenvalue weighted by atomic mass is 10.1. The number of nitrogens with zero attached hydrogens (tertiary/aromatic N) is 1. The lowest BCUT2D eigenvalue weighted by molar-refractivity contribution is -0.141. The highest BCUT2D eigenvalue weighted by Crippen LogP contribution is 2.38. The average Bonchev–Trinajstić information content (AvgIpc) is 2.45. The number of anilines is 2. The van der Waals surface area contributed by atoms with E-state index < -0.39 is 29.4 Å². The van der Waals surface area contributed by atoms with E-state index in [-0.39, 0.29) is 11.4 Å². The second-order valence-electron chi connectivity index (χ2n) is 4.47. The fourth-order valence-corrected chi connectivity index (χ4v) is 1.81. The highest BCUT2D eigenvalue weighted by molar-refractivity contribution is 5.62. The van der Waals surface area contributed by atoms with Crippen LogP contribution < -0.4 is 10.1 Å². The van der Waals surface area contributed by atoms with E-state index in [4.69, 9.17) is 0 Å². The summed E-state index contributed by atoms with van der Waals surface area (Å²) in [4.78, 5) is 3.25. The molecule has 2 aromatic rings. The third kappa shape index (κ3) is 4.05. The first-order chi connectivity index (χ1) is 10.6. The lowest BCUT2D eigenvalue weighted by Gasteiger charge is -2.14. The SMILES string of the molecule is COc1cc(Nc2ccc(C(F)(F)F)nc2)ccc1C(F)(F)F. The van der Waals surface area contributed by atoms with Crippen LogP contribution in [-0.4, -0.2) is 12.1 Å². The Kier molecular flexibility index (Phi) is 4.39. The zero-order chi connectivity index (χ0) is 17.3. The van der Waals surface area contributed by atoms with E-state index >= 15 is 0 Å². The van der Waals surface area contributed by atoms with Gasteiger partial charge in [-0.25, -0.2) is 4.98 Å². The van der Waals surface area contributed by atoms with Gasteiger partial charge in [0.2, 0.25) is 0 Å². The maximum Gasteiger partial charge on any atom is 0.433 e. The largest absolute Gasteiger partial charge is 0.496 e. The van der Waals surface area contributed by atoms with Gasteiger partial charge in [-0.1, -0.05) is 0 Å². The molecule has 0 aliphatic carbocycles. The van der Waals surface area contributed by atoms with Crippen LogP contribution in [0.4, 0.5) is 37.7 Å².